The lowest BCUT2D eigenvalue weighted by atomic mass is 10.0. The van der Waals surface area contributed by atoms with Crippen LogP contribution in [-0.4, -0.2) is 7.42 Å². The van der Waals surface area contributed by atoms with Gasteiger partial charge in [-0.2, -0.15) is 0 Å². The van der Waals surface area contributed by atoms with Crippen LogP contribution in [0.15, 0.2) is 0 Å². The van der Waals surface area contributed by atoms with Gasteiger partial charge in [0.15, 0.2) is 0 Å². The van der Waals surface area contributed by atoms with Gasteiger partial charge in [-0.25, -0.2) is 0 Å². The van der Waals surface area contributed by atoms with E-state index >= 15 is 0 Å². The van der Waals surface area contributed by atoms with Crippen LogP contribution in [0.3, 0.4) is 0 Å². The van der Waals surface area contributed by atoms with Gasteiger partial charge >= 0.3 is 0 Å². The summed E-state index contributed by atoms with van der Waals surface area (Å²) in [6.07, 6.45) is 24.2. The molecule has 0 atom stereocenters. The molecule has 0 heterocycles. The maximum absolute atomic E-state index is 5.82. The van der Waals surface area contributed by atoms with E-state index in [9.17, 15) is 0 Å². The third-order valence-electron chi connectivity index (χ3n) is 4.47. The van der Waals surface area contributed by atoms with Gasteiger partial charge in [0.2, 0.25) is 0 Å². The van der Waals surface area contributed by atoms with Crippen molar-refractivity contribution in [1.29, 1.82) is 0 Å². The largest absolute Gasteiger partial charge is 0.273 e. The lowest BCUT2D eigenvalue weighted by molar-refractivity contribution is 0.529. The van der Waals surface area contributed by atoms with Gasteiger partial charge < -0.3 is 0 Å². The Hall–Kier alpha value is 0.797. The zero-order chi connectivity index (χ0) is 16.3. The van der Waals surface area contributed by atoms with Gasteiger partial charge in [0.25, 0.3) is 7.42 Å². The van der Waals surface area contributed by atoms with E-state index in [1.54, 1.807) is 0 Å². The Bertz CT molecular complexity index is 198. The summed E-state index contributed by atoms with van der Waals surface area (Å²) in [7, 11) is -1.01. The molecule has 0 nitrogen and oxygen atoms in total. The molecule has 133 valence electrons. The highest BCUT2D eigenvalue weighted by atomic mass is 35.7. The fourth-order valence-electron chi connectivity index (χ4n) is 2.98. The molecule has 22 heavy (non-hydrogen) atoms. The number of halogens is 2. The van der Waals surface area contributed by atoms with Crippen LogP contribution in [0.1, 0.15) is 116 Å². The molecule has 3 heteroatoms. The first kappa shape index (κ1) is 22.8. The molecule has 0 aromatic heterocycles. The molecule has 0 N–H and O–H groups in total. The topological polar surface area (TPSA) is 0 Å². The molecule has 0 amide bonds. The third-order valence-corrected chi connectivity index (χ3v) is 6.33. The van der Waals surface area contributed by atoms with Crippen molar-refractivity contribution in [3.63, 3.8) is 0 Å². The van der Waals surface area contributed by atoms with Crippen LogP contribution in [0, 0.1) is 0 Å². The molecular formula is C19H39Cl2Si. The zero-order valence-corrected chi connectivity index (χ0v) is 17.5. The van der Waals surface area contributed by atoms with Crippen molar-refractivity contribution in [2.24, 2.45) is 0 Å². The number of rotatable bonds is 18. The summed E-state index contributed by atoms with van der Waals surface area (Å²) in [5.74, 6) is 0. The van der Waals surface area contributed by atoms with Crippen molar-refractivity contribution >= 4 is 29.6 Å². The lowest BCUT2D eigenvalue weighted by Gasteiger charge is -2.03. The van der Waals surface area contributed by atoms with Crippen molar-refractivity contribution in [3.8, 4) is 0 Å². The molecule has 0 aliphatic carbocycles. The summed E-state index contributed by atoms with van der Waals surface area (Å²) in [6, 6.07) is 1.06. The zero-order valence-electron chi connectivity index (χ0n) is 15.0. The molecule has 0 aromatic carbocycles. The molecule has 0 fully saturated rings. The summed E-state index contributed by atoms with van der Waals surface area (Å²) < 4.78 is 0. The molecule has 0 aromatic rings. The minimum atomic E-state index is -1.01. The summed E-state index contributed by atoms with van der Waals surface area (Å²) in [6.45, 7) is 2.29. The molecule has 1 radical (unpaired) electrons. The fourth-order valence-corrected chi connectivity index (χ4v) is 4.30. The van der Waals surface area contributed by atoms with Crippen molar-refractivity contribution in [2.75, 3.05) is 0 Å². The molecule has 0 aliphatic rings. The van der Waals surface area contributed by atoms with Crippen LogP contribution in [-0.2, 0) is 0 Å². The minimum absolute atomic E-state index is 1.01. The van der Waals surface area contributed by atoms with Gasteiger partial charge in [-0.15, -0.1) is 22.2 Å². The Morgan fingerprint density at radius 2 is 0.727 bits per heavy atom. The van der Waals surface area contributed by atoms with Gasteiger partial charge in [0.05, 0.1) is 0 Å². The van der Waals surface area contributed by atoms with Crippen LogP contribution < -0.4 is 0 Å². The second-order valence-corrected chi connectivity index (χ2v) is 11.2. The Kier molecular flexibility index (Phi) is 20.6. The molecule has 0 saturated heterocycles. The van der Waals surface area contributed by atoms with Crippen molar-refractivity contribution in [2.45, 2.75) is 122 Å². The highest BCUT2D eigenvalue weighted by Gasteiger charge is 2.01. The Morgan fingerprint density at radius 1 is 0.455 bits per heavy atom. The van der Waals surface area contributed by atoms with E-state index in [0.717, 1.165) is 6.04 Å². The third kappa shape index (κ3) is 20.8. The van der Waals surface area contributed by atoms with Crippen molar-refractivity contribution in [3.05, 3.63) is 0 Å². The van der Waals surface area contributed by atoms with E-state index in [1.807, 2.05) is 0 Å². The van der Waals surface area contributed by atoms with Gasteiger partial charge in [-0.1, -0.05) is 116 Å². The average molecular weight is 367 g/mol. The second kappa shape index (κ2) is 19.8. The molecule has 0 unspecified atom stereocenters. The molecule has 0 rings (SSSR count). The van der Waals surface area contributed by atoms with Crippen molar-refractivity contribution in [1.82, 2.24) is 0 Å². The highest BCUT2D eigenvalue weighted by Crippen LogP contribution is 2.15. The maximum Gasteiger partial charge on any atom is 0.273 e. The summed E-state index contributed by atoms with van der Waals surface area (Å²) in [5.41, 5.74) is 0. The van der Waals surface area contributed by atoms with E-state index < -0.39 is 7.42 Å². The predicted molar refractivity (Wildman–Crippen MR) is 106 cm³/mol. The summed E-state index contributed by atoms with van der Waals surface area (Å²) in [5, 5.41) is 0. The number of unbranched alkanes of at least 4 members (excludes halogenated alkanes) is 16. The van der Waals surface area contributed by atoms with E-state index in [1.165, 1.54) is 109 Å². The van der Waals surface area contributed by atoms with Crippen LogP contribution in [0.4, 0.5) is 0 Å². The maximum atomic E-state index is 5.82. The van der Waals surface area contributed by atoms with Gasteiger partial charge in [-0.3, -0.25) is 0 Å². The molecule has 0 saturated carbocycles. The fraction of sp³-hybridized carbons (Fsp3) is 1.00. The van der Waals surface area contributed by atoms with Crippen LogP contribution in [0.5, 0.6) is 0 Å². The van der Waals surface area contributed by atoms with E-state index in [4.69, 9.17) is 22.2 Å². The van der Waals surface area contributed by atoms with Crippen LogP contribution >= 0.6 is 22.2 Å². The summed E-state index contributed by atoms with van der Waals surface area (Å²) >= 11 is 11.6. The van der Waals surface area contributed by atoms with E-state index in [0.29, 0.717) is 0 Å². The monoisotopic (exact) mass is 365 g/mol. The van der Waals surface area contributed by atoms with E-state index in [2.05, 4.69) is 6.92 Å². The molecular weight excluding hydrogens is 327 g/mol. The van der Waals surface area contributed by atoms with Crippen LogP contribution in [0.25, 0.3) is 0 Å². The second-order valence-electron chi connectivity index (χ2n) is 6.75. The number of hydrogen-bond acceptors (Lipinski definition) is 0. The number of hydrogen-bond donors (Lipinski definition) is 0. The first-order valence-corrected chi connectivity index (χ1v) is 13.7. The molecule has 0 spiro atoms. The van der Waals surface area contributed by atoms with Gasteiger partial charge in [0, 0.05) is 0 Å². The molecule has 0 bridgehead atoms. The molecule has 0 aliphatic heterocycles. The quantitative estimate of drug-likeness (QED) is 0.129. The Balaban J connectivity index is 2.94. The first-order valence-electron chi connectivity index (χ1n) is 9.94. The normalized spacial score (nSPS) is 11.5. The summed E-state index contributed by atoms with van der Waals surface area (Å²) in [4.78, 5) is 0. The first-order chi connectivity index (χ1) is 10.8. The standard InChI is InChI=1S/C19H39Cl2Si/c1-2-3-4-5-6-7-8-9-10-11-12-13-14-15-16-17-18-19-22(20)21/h2-19H2,1H3. The van der Waals surface area contributed by atoms with Crippen molar-refractivity contribution < 1.29 is 0 Å². The lowest BCUT2D eigenvalue weighted by Crippen LogP contribution is -1.91. The Morgan fingerprint density at radius 3 is 1.00 bits per heavy atom. The smallest absolute Gasteiger partial charge is 0.147 e. The van der Waals surface area contributed by atoms with Gasteiger partial charge in [0.1, 0.15) is 0 Å². The van der Waals surface area contributed by atoms with Crippen LogP contribution in [0.2, 0.25) is 6.04 Å². The highest BCUT2D eigenvalue weighted by molar-refractivity contribution is 7.33. The predicted octanol–water partition coefficient (Wildman–Crippen LogP) is 8.60. The minimum Gasteiger partial charge on any atom is -0.147 e. The Labute approximate surface area is 151 Å². The van der Waals surface area contributed by atoms with Gasteiger partial charge in [-0.05, 0) is 6.04 Å². The van der Waals surface area contributed by atoms with E-state index in [-0.39, 0.29) is 0 Å². The average Bonchev–Trinajstić information content (AvgIpc) is 2.50. The SMILES string of the molecule is CCCCCCCCCCCCCCCCCCC[Si](Cl)Cl.